The highest BCUT2D eigenvalue weighted by atomic mass is 32.2. The number of hydrogen-bond donors (Lipinski definition) is 0. The number of thioether (sulfide) groups is 1. The van der Waals surface area contributed by atoms with Crippen LogP contribution in [0.15, 0.2) is 16.1 Å². The first-order chi connectivity index (χ1) is 12.6. The summed E-state index contributed by atoms with van der Waals surface area (Å²) >= 11 is 1.61. The van der Waals surface area contributed by atoms with Crippen molar-refractivity contribution in [2.24, 2.45) is 24.3 Å². The third-order valence-electron chi connectivity index (χ3n) is 5.57. The second-order valence-corrected chi connectivity index (χ2v) is 9.18. The molecule has 154 valence electrons. The van der Waals surface area contributed by atoms with Crippen molar-refractivity contribution >= 4 is 17.7 Å². The number of unbranched alkanes of at least 4 members (excludes halogenated alkanes) is 3. The van der Waals surface area contributed by atoms with Crippen LogP contribution in [-0.2, 0) is 16.6 Å². The minimum absolute atomic E-state index is 0.0746. The third kappa shape index (κ3) is 6.66. The van der Waals surface area contributed by atoms with Crippen LogP contribution in [0.2, 0.25) is 0 Å². The van der Waals surface area contributed by atoms with E-state index in [9.17, 15) is 9.59 Å². The van der Waals surface area contributed by atoms with Crippen molar-refractivity contribution in [3.8, 4) is 0 Å². The molecule has 0 unspecified atom stereocenters. The number of aromatic nitrogens is 2. The molecule has 1 aromatic heterocycles. The molecule has 0 spiro atoms. The Labute approximate surface area is 168 Å². The van der Waals surface area contributed by atoms with Gasteiger partial charge in [-0.2, -0.15) is 4.98 Å². The molecular formula is C21H36N2O3S. The van der Waals surface area contributed by atoms with Crippen LogP contribution in [0.5, 0.6) is 0 Å². The van der Waals surface area contributed by atoms with Crippen molar-refractivity contribution in [1.29, 1.82) is 0 Å². The van der Waals surface area contributed by atoms with E-state index in [4.69, 9.17) is 4.74 Å². The lowest BCUT2D eigenvalue weighted by atomic mass is 9.70. The fourth-order valence-electron chi connectivity index (χ4n) is 2.97. The third-order valence-corrected chi connectivity index (χ3v) is 6.70. The van der Waals surface area contributed by atoms with Crippen molar-refractivity contribution in [3.63, 3.8) is 0 Å². The Morgan fingerprint density at radius 3 is 2.37 bits per heavy atom. The first-order valence-corrected chi connectivity index (χ1v) is 10.9. The molecule has 27 heavy (non-hydrogen) atoms. The summed E-state index contributed by atoms with van der Waals surface area (Å²) in [6.45, 7) is 12.6. The summed E-state index contributed by atoms with van der Waals surface area (Å²) in [5.74, 6) is 1.37. The van der Waals surface area contributed by atoms with Gasteiger partial charge in [0, 0.05) is 24.6 Å². The molecule has 5 nitrogen and oxygen atoms in total. The maximum atomic E-state index is 12.5. The Morgan fingerprint density at radius 1 is 1.19 bits per heavy atom. The van der Waals surface area contributed by atoms with Gasteiger partial charge in [-0.1, -0.05) is 52.3 Å². The van der Waals surface area contributed by atoms with Gasteiger partial charge < -0.3 is 9.30 Å². The molecule has 0 radical (unpaired) electrons. The lowest BCUT2D eigenvalue weighted by Gasteiger charge is -2.35. The number of rotatable bonds is 11. The standard InChI is InChI=1S/C21H36N2O3S/c1-15(2)21(6,16(3)4)19(25)26-12-10-8-9-11-13-27-20-22-18(24)17(5)14-23(20)7/h14-16H,8-13H2,1-7H3. The summed E-state index contributed by atoms with van der Waals surface area (Å²) in [5.41, 5.74) is 0.0998. The monoisotopic (exact) mass is 396 g/mol. The van der Waals surface area contributed by atoms with Crippen molar-refractivity contribution in [1.82, 2.24) is 9.55 Å². The van der Waals surface area contributed by atoms with Crippen LogP contribution >= 0.6 is 11.8 Å². The molecule has 0 fully saturated rings. The Kier molecular flexibility index (Phi) is 9.57. The van der Waals surface area contributed by atoms with Crippen LogP contribution in [0, 0.1) is 24.2 Å². The Bertz CT molecular complexity index is 660. The highest BCUT2D eigenvalue weighted by Gasteiger charge is 2.41. The maximum absolute atomic E-state index is 12.5. The van der Waals surface area contributed by atoms with E-state index in [2.05, 4.69) is 32.7 Å². The first kappa shape index (κ1) is 23.7. The summed E-state index contributed by atoms with van der Waals surface area (Å²) in [5, 5.41) is 0.765. The fourth-order valence-corrected chi connectivity index (χ4v) is 3.90. The van der Waals surface area contributed by atoms with Gasteiger partial charge in [0.15, 0.2) is 5.16 Å². The molecule has 1 rings (SSSR count). The molecule has 6 heteroatoms. The molecule has 0 atom stereocenters. The van der Waals surface area contributed by atoms with E-state index >= 15 is 0 Å². The summed E-state index contributed by atoms with van der Waals surface area (Å²) in [6, 6.07) is 0. The number of nitrogens with zero attached hydrogens (tertiary/aromatic N) is 2. The zero-order valence-electron chi connectivity index (χ0n) is 18.0. The van der Waals surface area contributed by atoms with E-state index in [0.717, 1.165) is 36.6 Å². The number of ether oxygens (including phenoxy) is 1. The predicted octanol–water partition coefficient (Wildman–Crippen LogP) is 4.60. The quantitative estimate of drug-likeness (QED) is 0.237. The summed E-state index contributed by atoms with van der Waals surface area (Å²) in [7, 11) is 1.91. The van der Waals surface area contributed by atoms with Gasteiger partial charge >= 0.3 is 5.97 Å². The van der Waals surface area contributed by atoms with Crippen molar-refractivity contribution in [3.05, 3.63) is 22.1 Å². The molecule has 0 amide bonds. The second-order valence-electron chi connectivity index (χ2n) is 8.11. The van der Waals surface area contributed by atoms with Gasteiger partial charge in [-0.25, -0.2) is 0 Å². The van der Waals surface area contributed by atoms with Crippen molar-refractivity contribution in [2.45, 2.75) is 72.4 Å². The number of carbonyl (C=O) groups excluding carboxylic acids is 1. The van der Waals surface area contributed by atoms with Crippen LogP contribution in [0.4, 0.5) is 0 Å². The molecule has 0 saturated heterocycles. The molecule has 0 aliphatic heterocycles. The second kappa shape index (κ2) is 10.9. The molecule has 0 aromatic carbocycles. The largest absolute Gasteiger partial charge is 0.465 e. The molecular weight excluding hydrogens is 360 g/mol. The van der Waals surface area contributed by atoms with E-state index in [1.54, 1.807) is 18.7 Å². The normalized spacial score (nSPS) is 12.0. The maximum Gasteiger partial charge on any atom is 0.312 e. The zero-order valence-corrected chi connectivity index (χ0v) is 18.8. The van der Waals surface area contributed by atoms with Gasteiger partial charge in [-0.3, -0.25) is 9.59 Å². The van der Waals surface area contributed by atoms with Crippen LogP contribution in [0.1, 0.15) is 65.9 Å². The highest BCUT2D eigenvalue weighted by molar-refractivity contribution is 7.99. The Morgan fingerprint density at radius 2 is 1.78 bits per heavy atom. The molecule has 0 aliphatic carbocycles. The smallest absolute Gasteiger partial charge is 0.312 e. The van der Waals surface area contributed by atoms with Gasteiger partial charge in [0.05, 0.1) is 12.0 Å². The van der Waals surface area contributed by atoms with Crippen molar-refractivity contribution in [2.75, 3.05) is 12.4 Å². The topological polar surface area (TPSA) is 61.2 Å². The lowest BCUT2D eigenvalue weighted by Crippen LogP contribution is -2.39. The first-order valence-electron chi connectivity index (χ1n) is 9.95. The SMILES string of the molecule is Cc1cn(C)c(SCCCCCCOC(=O)C(C)(C(C)C)C(C)C)nc1=O. The van der Waals surface area contributed by atoms with Gasteiger partial charge in [-0.05, 0) is 38.5 Å². The summed E-state index contributed by atoms with van der Waals surface area (Å²) < 4.78 is 7.46. The highest BCUT2D eigenvalue weighted by Crippen LogP contribution is 2.36. The molecule has 0 saturated carbocycles. The average molecular weight is 397 g/mol. The molecule has 1 heterocycles. The molecule has 1 aromatic rings. The zero-order chi connectivity index (χ0) is 20.6. The van der Waals surface area contributed by atoms with Crippen molar-refractivity contribution < 1.29 is 9.53 Å². The number of esters is 1. The Balaban J connectivity index is 2.24. The summed E-state index contributed by atoms with van der Waals surface area (Å²) in [4.78, 5) is 28.2. The Hall–Kier alpha value is -1.30. The van der Waals surface area contributed by atoms with Crippen LogP contribution < -0.4 is 5.56 Å². The van der Waals surface area contributed by atoms with Gasteiger partial charge in [-0.15, -0.1) is 0 Å². The van der Waals surface area contributed by atoms with Crippen LogP contribution in [0.3, 0.4) is 0 Å². The average Bonchev–Trinajstić information content (AvgIpc) is 2.59. The van der Waals surface area contributed by atoms with Crippen LogP contribution in [0.25, 0.3) is 0 Å². The molecule has 0 aliphatic rings. The fraction of sp³-hybridized carbons (Fsp3) is 0.762. The number of carbonyl (C=O) groups is 1. The number of hydrogen-bond acceptors (Lipinski definition) is 5. The summed E-state index contributed by atoms with van der Waals surface area (Å²) in [6.07, 6.45) is 5.89. The van der Waals surface area contributed by atoms with E-state index in [1.165, 1.54) is 0 Å². The minimum atomic E-state index is -0.423. The molecule has 0 bridgehead atoms. The van der Waals surface area contributed by atoms with E-state index < -0.39 is 5.41 Å². The lowest BCUT2D eigenvalue weighted by molar-refractivity contribution is -0.161. The van der Waals surface area contributed by atoms with Gasteiger partial charge in [0.25, 0.3) is 5.56 Å². The van der Waals surface area contributed by atoms with Gasteiger partial charge in [0.1, 0.15) is 0 Å². The van der Waals surface area contributed by atoms with Crippen LogP contribution in [-0.4, -0.2) is 27.9 Å². The van der Waals surface area contributed by atoms with E-state index in [1.807, 2.05) is 24.7 Å². The minimum Gasteiger partial charge on any atom is -0.465 e. The number of aryl methyl sites for hydroxylation is 2. The molecule has 0 N–H and O–H groups in total. The van der Waals surface area contributed by atoms with Gasteiger partial charge in [0.2, 0.25) is 0 Å². The van der Waals surface area contributed by atoms with E-state index in [0.29, 0.717) is 12.2 Å². The van der Waals surface area contributed by atoms with E-state index in [-0.39, 0.29) is 23.4 Å². The predicted molar refractivity (Wildman–Crippen MR) is 112 cm³/mol.